The molecule has 0 spiro atoms. The van der Waals surface area contributed by atoms with Gasteiger partial charge >= 0.3 is 24.0 Å². The minimum atomic E-state index is -5.38. The van der Waals surface area contributed by atoms with Gasteiger partial charge in [0.25, 0.3) is 0 Å². The lowest BCUT2D eigenvalue weighted by Crippen LogP contribution is -2.48. The molecule has 26 heavy (non-hydrogen) atoms. The van der Waals surface area contributed by atoms with E-state index >= 15 is 0 Å². The largest absolute Gasteiger partial charge is 0.497 e. The molecule has 144 valence electrons. The van der Waals surface area contributed by atoms with E-state index in [1.54, 1.807) is 0 Å². The van der Waals surface area contributed by atoms with Crippen molar-refractivity contribution >= 4 is 33.8 Å². The van der Waals surface area contributed by atoms with Gasteiger partial charge in [0.05, 0.1) is 13.7 Å². The molecule has 0 aliphatic carbocycles. The zero-order chi connectivity index (χ0) is 20.1. The van der Waals surface area contributed by atoms with Crippen LogP contribution in [0.5, 0.6) is 5.75 Å². The Bertz CT molecular complexity index is 694. The normalized spacial score (nSPS) is 12.2. The highest BCUT2D eigenvalue weighted by molar-refractivity contribution is 9.10. The topological polar surface area (TPSA) is 93.1 Å². The van der Waals surface area contributed by atoms with E-state index in [9.17, 15) is 27.6 Å². The molecular formula is C15H15BrF3NO6. The fourth-order valence-electron chi connectivity index (χ4n) is 2.09. The van der Waals surface area contributed by atoms with Crippen LogP contribution in [0.4, 0.5) is 13.2 Å². The van der Waals surface area contributed by atoms with Gasteiger partial charge < -0.3 is 19.5 Å². The quantitative estimate of drug-likeness (QED) is 0.653. The summed E-state index contributed by atoms with van der Waals surface area (Å²) in [6.45, 7) is -0.119. The van der Waals surface area contributed by atoms with Crippen LogP contribution in [0.25, 0.3) is 0 Å². The van der Waals surface area contributed by atoms with E-state index in [0.717, 1.165) is 0 Å². The first kappa shape index (κ1) is 21.7. The zero-order valence-electron chi connectivity index (χ0n) is 13.7. The van der Waals surface area contributed by atoms with Crippen molar-refractivity contribution in [2.24, 2.45) is 0 Å². The third kappa shape index (κ3) is 5.35. The standard InChI is InChI=1S/C15H15BrF3NO6/c1-3-26-13(23)12(9-6-8(25-2)4-5-10(9)16)20(7-11(21)22)14(24)15(17,18)19/h4-6,12H,3,7H2,1-2H3,(H,21,22). The number of rotatable bonds is 7. The number of alkyl halides is 3. The van der Waals surface area contributed by atoms with Gasteiger partial charge in [-0.2, -0.15) is 13.2 Å². The molecular weight excluding hydrogens is 427 g/mol. The summed E-state index contributed by atoms with van der Waals surface area (Å²) >= 11 is 3.08. The van der Waals surface area contributed by atoms with Crippen LogP contribution in [0.3, 0.4) is 0 Å². The molecule has 11 heteroatoms. The van der Waals surface area contributed by atoms with Crippen LogP contribution in [0.1, 0.15) is 18.5 Å². The fraction of sp³-hybridized carbons (Fsp3) is 0.400. The second-order valence-corrected chi connectivity index (χ2v) is 5.72. The highest BCUT2D eigenvalue weighted by Crippen LogP contribution is 2.34. The number of hydrogen-bond acceptors (Lipinski definition) is 5. The van der Waals surface area contributed by atoms with Crippen molar-refractivity contribution in [2.45, 2.75) is 19.1 Å². The van der Waals surface area contributed by atoms with E-state index in [1.165, 1.54) is 32.2 Å². The average Bonchev–Trinajstić information content (AvgIpc) is 2.54. The first-order chi connectivity index (χ1) is 12.0. The number of benzene rings is 1. The van der Waals surface area contributed by atoms with Gasteiger partial charge in [0.15, 0.2) is 6.04 Å². The number of carbonyl (C=O) groups is 3. The summed E-state index contributed by atoms with van der Waals surface area (Å²) in [6.07, 6.45) is -5.38. The molecule has 0 aliphatic heterocycles. The van der Waals surface area contributed by atoms with Gasteiger partial charge in [0, 0.05) is 10.0 Å². The predicted molar refractivity (Wildman–Crippen MR) is 85.5 cm³/mol. The maximum absolute atomic E-state index is 12.9. The molecule has 1 atom stereocenters. The Morgan fingerprint density at radius 1 is 1.31 bits per heavy atom. The Hall–Kier alpha value is -2.30. The highest BCUT2D eigenvalue weighted by Gasteiger charge is 2.48. The number of carbonyl (C=O) groups excluding carboxylic acids is 2. The summed E-state index contributed by atoms with van der Waals surface area (Å²) in [5.41, 5.74) is -0.110. The highest BCUT2D eigenvalue weighted by atomic mass is 79.9. The number of carboxylic acids is 1. The number of halogens is 4. The lowest BCUT2D eigenvalue weighted by atomic mass is 10.0. The molecule has 0 saturated carbocycles. The molecule has 0 aliphatic rings. The second-order valence-electron chi connectivity index (χ2n) is 4.87. The third-order valence-corrected chi connectivity index (χ3v) is 3.85. The molecule has 0 fully saturated rings. The van der Waals surface area contributed by atoms with E-state index in [0.29, 0.717) is 0 Å². The summed E-state index contributed by atoms with van der Waals surface area (Å²) in [5.74, 6) is -5.23. The Morgan fingerprint density at radius 2 is 1.92 bits per heavy atom. The van der Waals surface area contributed by atoms with Crippen molar-refractivity contribution < 1.29 is 42.1 Å². The number of amides is 1. The number of nitrogens with zero attached hydrogens (tertiary/aromatic N) is 1. The Kier molecular flexibility index (Phi) is 7.42. The molecule has 1 rings (SSSR count). The lowest BCUT2D eigenvalue weighted by molar-refractivity contribution is -0.191. The van der Waals surface area contributed by atoms with Crippen LogP contribution in [-0.4, -0.2) is 54.3 Å². The number of methoxy groups -OCH3 is 1. The van der Waals surface area contributed by atoms with Crippen LogP contribution in [0.2, 0.25) is 0 Å². The summed E-state index contributed by atoms with van der Waals surface area (Å²) in [5, 5.41) is 8.93. The van der Waals surface area contributed by atoms with Crippen molar-refractivity contribution in [3.63, 3.8) is 0 Å². The van der Waals surface area contributed by atoms with Crippen LogP contribution in [0.15, 0.2) is 22.7 Å². The van der Waals surface area contributed by atoms with Gasteiger partial charge in [-0.05, 0) is 25.1 Å². The van der Waals surface area contributed by atoms with Crippen molar-refractivity contribution in [3.05, 3.63) is 28.2 Å². The number of esters is 1. The Labute approximate surface area is 154 Å². The van der Waals surface area contributed by atoms with Gasteiger partial charge in [-0.3, -0.25) is 9.59 Å². The predicted octanol–water partition coefficient (Wildman–Crippen LogP) is 2.54. The maximum atomic E-state index is 12.9. The van der Waals surface area contributed by atoms with Gasteiger partial charge in [-0.1, -0.05) is 15.9 Å². The van der Waals surface area contributed by atoms with Crippen molar-refractivity contribution in [2.75, 3.05) is 20.3 Å². The van der Waals surface area contributed by atoms with E-state index < -0.39 is 36.6 Å². The van der Waals surface area contributed by atoms with E-state index in [4.69, 9.17) is 14.6 Å². The summed E-state index contributed by atoms with van der Waals surface area (Å²) < 4.78 is 48.7. The molecule has 1 unspecified atom stereocenters. The Morgan fingerprint density at radius 3 is 2.38 bits per heavy atom. The van der Waals surface area contributed by atoms with E-state index in [2.05, 4.69) is 15.9 Å². The van der Waals surface area contributed by atoms with Gasteiger partial charge in [-0.25, -0.2) is 4.79 Å². The molecule has 0 bridgehead atoms. The van der Waals surface area contributed by atoms with Crippen LogP contribution in [0, 0.1) is 0 Å². The summed E-state index contributed by atoms with van der Waals surface area (Å²) in [6, 6.07) is 2.12. The van der Waals surface area contributed by atoms with Crippen LogP contribution >= 0.6 is 15.9 Å². The molecule has 1 aromatic rings. The van der Waals surface area contributed by atoms with Gasteiger partial charge in [-0.15, -0.1) is 0 Å². The SMILES string of the molecule is CCOC(=O)C(c1cc(OC)ccc1Br)N(CC(=O)O)C(=O)C(F)(F)F. The van der Waals surface area contributed by atoms with Gasteiger partial charge in [0.2, 0.25) is 0 Å². The average molecular weight is 442 g/mol. The molecule has 7 nitrogen and oxygen atoms in total. The van der Waals surface area contributed by atoms with E-state index in [1.807, 2.05) is 0 Å². The summed E-state index contributed by atoms with van der Waals surface area (Å²) in [7, 11) is 1.29. The number of hydrogen-bond donors (Lipinski definition) is 1. The fourth-order valence-corrected chi connectivity index (χ4v) is 2.55. The van der Waals surface area contributed by atoms with E-state index in [-0.39, 0.29) is 27.3 Å². The first-order valence-electron chi connectivity index (χ1n) is 7.12. The molecule has 0 radical (unpaired) electrons. The molecule has 0 saturated heterocycles. The Balaban J connectivity index is 3.57. The van der Waals surface area contributed by atoms with Crippen LogP contribution in [-0.2, 0) is 19.1 Å². The minimum Gasteiger partial charge on any atom is -0.497 e. The lowest BCUT2D eigenvalue weighted by Gasteiger charge is -2.30. The second kappa shape index (κ2) is 8.88. The number of carboxylic acid groups (broad SMARTS) is 1. The zero-order valence-corrected chi connectivity index (χ0v) is 15.3. The van der Waals surface area contributed by atoms with Crippen molar-refractivity contribution in [1.82, 2.24) is 4.90 Å². The molecule has 1 aromatic carbocycles. The maximum Gasteiger partial charge on any atom is 0.471 e. The smallest absolute Gasteiger partial charge is 0.471 e. The van der Waals surface area contributed by atoms with Crippen LogP contribution < -0.4 is 4.74 Å². The van der Waals surface area contributed by atoms with Gasteiger partial charge in [0.1, 0.15) is 12.3 Å². The summed E-state index contributed by atoms with van der Waals surface area (Å²) in [4.78, 5) is 35.0. The molecule has 1 amide bonds. The van der Waals surface area contributed by atoms with Crippen molar-refractivity contribution in [3.8, 4) is 5.75 Å². The third-order valence-electron chi connectivity index (χ3n) is 3.13. The molecule has 0 heterocycles. The number of aliphatic carboxylic acids is 1. The van der Waals surface area contributed by atoms with Crippen molar-refractivity contribution in [1.29, 1.82) is 0 Å². The number of ether oxygens (including phenoxy) is 2. The minimum absolute atomic E-state index is 0.0974. The molecule has 1 N–H and O–H groups in total. The monoisotopic (exact) mass is 441 g/mol. The molecule has 0 aromatic heterocycles. The first-order valence-corrected chi connectivity index (χ1v) is 7.91.